The van der Waals surface area contributed by atoms with Crippen LogP contribution in [0.25, 0.3) is 22.1 Å². The lowest BCUT2D eigenvalue weighted by Crippen LogP contribution is -2.62. The molecule has 14 heterocycles. The van der Waals surface area contributed by atoms with E-state index in [0.29, 0.717) is 134 Å². The highest BCUT2D eigenvalue weighted by atomic mass is 19.3. The first-order valence-electron chi connectivity index (χ1n) is 39.9. The van der Waals surface area contributed by atoms with E-state index < -0.39 is 80.9 Å². The third-order valence-corrected chi connectivity index (χ3v) is 25.4. The van der Waals surface area contributed by atoms with Crippen LogP contribution in [0.5, 0.6) is 0 Å². The molecule has 6 saturated heterocycles. The van der Waals surface area contributed by atoms with Gasteiger partial charge in [-0.25, -0.2) is 55.1 Å². The summed E-state index contributed by atoms with van der Waals surface area (Å²) in [4.78, 5) is 114. The molecular weight excluding hydrogens is 1520 g/mol. The molecule has 6 aliphatic heterocycles. The average molecular weight is 1610 g/mol. The third-order valence-electron chi connectivity index (χ3n) is 25.4. The maximum Gasteiger partial charge on any atom is 0.363 e. The second kappa shape index (κ2) is 32.5. The second-order valence-electron chi connectivity index (χ2n) is 32.6. The number of halogens is 8. The molecule has 8 atom stereocenters. The molecule has 0 aromatic carbocycles. The first-order valence-corrected chi connectivity index (χ1v) is 39.9. The number of anilines is 8. The van der Waals surface area contributed by atoms with Gasteiger partial charge in [-0.15, -0.1) is 0 Å². The number of fused-ring (bicyclic) bond motifs is 10. The number of pyridine rings is 6. The van der Waals surface area contributed by atoms with Gasteiger partial charge in [-0.1, -0.05) is 38.5 Å². The van der Waals surface area contributed by atoms with Crippen LogP contribution in [0, 0.1) is 81.4 Å². The van der Waals surface area contributed by atoms with Gasteiger partial charge in [0.1, 0.15) is 22.9 Å². The number of hydrogen-bond acceptors (Lipinski definition) is 24. The van der Waals surface area contributed by atoms with Gasteiger partial charge < -0.3 is 61.1 Å². The minimum Gasteiger partial charge on any atom is -0.369 e. The average Bonchev–Trinajstić information content (AvgIpc) is 1.18. The monoisotopic (exact) mass is 1610 g/mol. The van der Waals surface area contributed by atoms with Gasteiger partial charge in [0.25, 0.3) is 34.8 Å². The predicted molar refractivity (Wildman–Crippen MR) is 419 cm³/mol. The van der Waals surface area contributed by atoms with Gasteiger partial charge in [0, 0.05) is 150 Å². The molecule has 4 N–H and O–H groups in total. The maximum atomic E-state index is 14.5. The highest BCUT2D eigenvalue weighted by molar-refractivity contribution is 6.00. The normalized spacial score (nSPS) is 24.9. The summed E-state index contributed by atoms with van der Waals surface area (Å²) >= 11 is 0. The number of nitrogens with one attached hydrogen (secondary N) is 4. The first-order chi connectivity index (χ1) is 55.4. The van der Waals surface area contributed by atoms with Crippen LogP contribution in [-0.4, -0.2) is 173 Å². The number of alkyl halides is 8. The smallest absolute Gasteiger partial charge is 0.363 e. The summed E-state index contributed by atoms with van der Waals surface area (Å²) in [6.07, 6.45) is 20.9. The summed E-state index contributed by atoms with van der Waals surface area (Å²) in [7, 11) is 0. The number of nitro groups is 2. The molecule has 116 heavy (non-hydrogen) atoms. The molecule has 18 rings (SSSR count). The summed E-state index contributed by atoms with van der Waals surface area (Å²) in [5.74, 6) is -15.2. The van der Waals surface area contributed by atoms with Crippen LogP contribution < -0.4 is 52.0 Å². The van der Waals surface area contributed by atoms with Gasteiger partial charge in [0.15, 0.2) is 24.0 Å². The van der Waals surface area contributed by atoms with Crippen LogP contribution in [0.2, 0.25) is 0 Å². The van der Waals surface area contributed by atoms with Crippen LogP contribution in [0.1, 0.15) is 148 Å². The fourth-order valence-corrected chi connectivity index (χ4v) is 19.1. The number of carbonyl (C=O) groups is 2. The summed E-state index contributed by atoms with van der Waals surface area (Å²) in [5.41, 5.74) is 4.95. The Hall–Kier alpha value is -10.5. The Labute approximate surface area is 661 Å². The molecule has 4 saturated carbocycles. The van der Waals surface area contributed by atoms with E-state index in [1.54, 1.807) is 72.0 Å². The van der Waals surface area contributed by atoms with Crippen LogP contribution >= 0.6 is 0 Å². The number of ketones is 2. The number of hydrogen-bond donors (Lipinski definition) is 4. The first kappa shape index (κ1) is 80.7. The molecule has 0 amide bonds. The number of piperidine rings is 6. The van der Waals surface area contributed by atoms with Crippen molar-refractivity contribution in [3.05, 3.63) is 149 Å². The Bertz CT molecular complexity index is 4760. The quantitative estimate of drug-likeness (QED) is 0.0340. The van der Waals surface area contributed by atoms with Crippen molar-refractivity contribution in [1.82, 2.24) is 59.6 Å². The van der Waals surface area contributed by atoms with E-state index in [-0.39, 0.29) is 95.6 Å². The zero-order valence-electron chi connectivity index (χ0n) is 64.7. The van der Waals surface area contributed by atoms with Crippen molar-refractivity contribution >= 4 is 91.6 Å². The number of Topliss-reactive ketones (excluding diaryl/α,β-unsaturated/α-hetero) is 2. The molecule has 4 aliphatic carbocycles. The number of aryl methyl sites for hydroxylation is 2. The zero-order chi connectivity index (χ0) is 81.9. The van der Waals surface area contributed by atoms with E-state index in [2.05, 4.69) is 51.2 Å². The number of carbonyl (C=O) groups excluding carboxylic acids is 2. The van der Waals surface area contributed by atoms with Crippen LogP contribution in [0.15, 0.2) is 95.3 Å². The second-order valence-corrected chi connectivity index (χ2v) is 32.6. The lowest BCUT2D eigenvalue weighted by molar-refractivity contribution is -0.389. The molecular formula is C80H92F8N20O8. The van der Waals surface area contributed by atoms with Crippen molar-refractivity contribution in [2.45, 2.75) is 153 Å². The summed E-state index contributed by atoms with van der Waals surface area (Å²) < 4.78 is 118. The minimum atomic E-state index is -2.65. The van der Waals surface area contributed by atoms with Gasteiger partial charge in [0.2, 0.25) is 11.9 Å². The van der Waals surface area contributed by atoms with E-state index >= 15 is 0 Å². The van der Waals surface area contributed by atoms with Crippen LogP contribution in [-0.2, 0) is 0 Å². The molecule has 8 aromatic rings. The van der Waals surface area contributed by atoms with Gasteiger partial charge in [-0.05, 0) is 146 Å². The van der Waals surface area contributed by atoms with Crippen LogP contribution in [0.3, 0.4) is 0 Å². The Morgan fingerprint density at radius 3 is 0.983 bits per heavy atom. The summed E-state index contributed by atoms with van der Waals surface area (Å²) in [6, 6.07) is 13.1. The minimum absolute atomic E-state index is 0.00419. The molecule has 8 aromatic heterocycles. The summed E-state index contributed by atoms with van der Waals surface area (Å²) in [5, 5.41) is 34.9. The fraction of sp³-hybridized carbons (Fsp3) is 0.550. The van der Waals surface area contributed by atoms with Crippen LogP contribution in [0.4, 0.5) is 93.0 Å². The van der Waals surface area contributed by atoms with Crippen molar-refractivity contribution < 1.29 is 54.6 Å². The Morgan fingerprint density at radius 1 is 0.414 bits per heavy atom. The molecule has 616 valence electrons. The Morgan fingerprint density at radius 2 is 0.707 bits per heavy atom. The van der Waals surface area contributed by atoms with Gasteiger partial charge in [-0.2, -0.15) is 9.97 Å². The number of aromatic nitrogens is 10. The largest absolute Gasteiger partial charge is 0.369 e. The van der Waals surface area contributed by atoms with Gasteiger partial charge in [-0.3, -0.25) is 28.3 Å². The lowest BCUT2D eigenvalue weighted by atomic mass is 9.74. The van der Waals surface area contributed by atoms with E-state index in [4.69, 9.17) is 9.97 Å². The van der Waals surface area contributed by atoms with Crippen molar-refractivity contribution in [3.63, 3.8) is 0 Å². The van der Waals surface area contributed by atoms with Gasteiger partial charge in [0.05, 0.1) is 69.9 Å². The number of rotatable bonds is 14. The zero-order valence-corrected chi connectivity index (χ0v) is 64.7. The molecule has 0 radical (unpaired) electrons. The maximum absolute atomic E-state index is 14.5. The SMILES string of the molecule is CC(=O)c1c(C)c2cnc(Nc3ccc(N4CC5CNCC(C4)C5(F)F)cn3)nc2n(C2CCCC2)c1=O.CC(=O)c1c(C)c2cnc(Nc3ccc(N4CC5CNCC(C4)C5(F)F)cn3)nc2n(C2CCCC2)c1=O.O=[N+]([O-])c1ccc(N2CC3CCCC(C2)C3(F)F)cn1.O=[N+]([O-])c1ccc(N2CC3CCCC(C2)C3(F)F)cn1. The third kappa shape index (κ3) is 15.9. The van der Waals surface area contributed by atoms with E-state index in [0.717, 1.165) is 75.6 Å². The Balaban J connectivity index is 0.000000127. The van der Waals surface area contributed by atoms with E-state index in [1.807, 2.05) is 31.7 Å². The van der Waals surface area contributed by atoms with Gasteiger partial charge >= 0.3 is 11.6 Å². The van der Waals surface area contributed by atoms with E-state index in [1.165, 1.54) is 38.4 Å². The summed E-state index contributed by atoms with van der Waals surface area (Å²) in [6.45, 7) is 9.88. The highest BCUT2D eigenvalue weighted by Gasteiger charge is 2.57. The lowest BCUT2D eigenvalue weighted by Gasteiger charge is -2.47. The standard InChI is InChI=1S/2C27H31F2N7O2.2C13H15F2N3O2/c2*1-15-21-12-32-26(34-24(21)36(19-5-3-4-6-19)25(38)23(15)16(2)37)33-22-8-7-20(11-31-22)35-13-17-9-30-10-18(14-35)27(17,28)29;2*14-13(15)9-2-1-3-10(13)8-17(7-9)11-4-5-12(16-6-11)18(19)20/h2*7-8,11-12,17-19,30H,3-6,9-10,13-14H2,1-2H3,(H,31,32,33,34);2*4-6,9-10H,1-3,7-8H2. The van der Waals surface area contributed by atoms with Crippen molar-refractivity contribution in [2.75, 3.05) is 109 Å². The van der Waals surface area contributed by atoms with Crippen molar-refractivity contribution in [1.29, 1.82) is 0 Å². The molecule has 0 spiro atoms. The number of nitrogens with zero attached hydrogens (tertiary/aromatic N) is 16. The molecule has 8 unspecified atom stereocenters. The predicted octanol–water partition coefficient (Wildman–Crippen LogP) is 13.4. The fourth-order valence-electron chi connectivity index (χ4n) is 19.1. The molecule has 8 bridgehead atoms. The Kier molecular flexibility index (Phi) is 22.6. The van der Waals surface area contributed by atoms with E-state index in [9.17, 15) is 74.5 Å². The highest BCUT2D eigenvalue weighted by Crippen LogP contribution is 2.50. The van der Waals surface area contributed by atoms with Crippen molar-refractivity contribution in [2.24, 2.45) is 47.3 Å². The van der Waals surface area contributed by atoms with Crippen molar-refractivity contribution in [3.8, 4) is 0 Å². The molecule has 10 fully saturated rings. The molecule has 36 heteroatoms. The topological polar surface area (TPSA) is 329 Å². The molecule has 10 aliphatic rings. The molecule has 28 nitrogen and oxygen atoms in total.